The number of rotatable bonds is 4. The Morgan fingerprint density at radius 3 is 2.83 bits per heavy atom. The van der Waals surface area contributed by atoms with Gasteiger partial charge in [0.2, 0.25) is 0 Å². The number of thiophene rings is 1. The van der Waals surface area contributed by atoms with Crippen LogP contribution in [0.15, 0.2) is 51.2 Å². The standard InChI is InChI=1S/C15H11N3O3S2/c1-10-17-9-13(21-10)14-5-6-15(22-14)23(19,20)18-12-4-2-3-11(7-12)8-16/h2-7,9,18H,1H3. The SMILES string of the molecule is Cc1ncc(-c2ccc(S(=O)(=O)Nc3cccc(C#N)c3)s2)o1. The molecule has 0 aliphatic heterocycles. The highest BCUT2D eigenvalue weighted by molar-refractivity contribution is 7.94. The second-order valence-electron chi connectivity index (χ2n) is 4.66. The van der Waals surface area contributed by atoms with E-state index < -0.39 is 10.0 Å². The van der Waals surface area contributed by atoms with Gasteiger partial charge in [-0.15, -0.1) is 11.3 Å². The van der Waals surface area contributed by atoms with Crippen molar-refractivity contribution >= 4 is 27.0 Å². The lowest BCUT2D eigenvalue weighted by atomic mass is 10.2. The Morgan fingerprint density at radius 1 is 1.30 bits per heavy atom. The van der Waals surface area contributed by atoms with Crippen molar-refractivity contribution in [2.45, 2.75) is 11.1 Å². The summed E-state index contributed by atoms with van der Waals surface area (Å²) in [5.41, 5.74) is 0.726. The normalized spacial score (nSPS) is 11.1. The van der Waals surface area contributed by atoms with Crippen LogP contribution in [0.1, 0.15) is 11.5 Å². The van der Waals surface area contributed by atoms with Gasteiger partial charge in [0.25, 0.3) is 10.0 Å². The lowest BCUT2D eigenvalue weighted by Gasteiger charge is -2.06. The Labute approximate surface area is 137 Å². The summed E-state index contributed by atoms with van der Waals surface area (Å²) in [5.74, 6) is 1.05. The van der Waals surface area contributed by atoms with E-state index in [2.05, 4.69) is 9.71 Å². The minimum absolute atomic E-state index is 0.156. The van der Waals surface area contributed by atoms with Gasteiger partial charge in [-0.05, 0) is 30.3 Å². The topological polar surface area (TPSA) is 96.0 Å². The molecule has 0 bridgehead atoms. The number of sulfonamides is 1. The van der Waals surface area contributed by atoms with Crippen LogP contribution >= 0.6 is 11.3 Å². The summed E-state index contributed by atoms with van der Waals surface area (Å²) in [4.78, 5) is 4.67. The summed E-state index contributed by atoms with van der Waals surface area (Å²) in [7, 11) is -3.72. The molecule has 116 valence electrons. The lowest BCUT2D eigenvalue weighted by Crippen LogP contribution is -2.11. The number of nitrogens with one attached hydrogen (secondary N) is 1. The molecule has 8 heteroatoms. The molecule has 0 aliphatic carbocycles. The highest BCUT2D eigenvalue weighted by Gasteiger charge is 2.19. The van der Waals surface area contributed by atoms with E-state index in [1.165, 1.54) is 12.1 Å². The zero-order valence-corrected chi connectivity index (χ0v) is 13.6. The molecule has 0 atom stereocenters. The van der Waals surface area contributed by atoms with Crippen LogP contribution in [0.4, 0.5) is 5.69 Å². The molecule has 2 aromatic heterocycles. The van der Waals surface area contributed by atoms with E-state index in [1.807, 2.05) is 6.07 Å². The van der Waals surface area contributed by atoms with Crippen LogP contribution in [-0.4, -0.2) is 13.4 Å². The highest BCUT2D eigenvalue weighted by Crippen LogP contribution is 2.32. The first kappa shape index (κ1) is 15.3. The molecule has 0 fully saturated rings. The molecule has 3 rings (SSSR count). The fourth-order valence-electron chi connectivity index (χ4n) is 1.93. The molecule has 1 N–H and O–H groups in total. The number of anilines is 1. The molecular weight excluding hydrogens is 334 g/mol. The van der Waals surface area contributed by atoms with E-state index >= 15 is 0 Å². The molecular formula is C15H11N3O3S2. The number of hydrogen-bond donors (Lipinski definition) is 1. The second-order valence-corrected chi connectivity index (χ2v) is 7.65. The van der Waals surface area contributed by atoms with Crippen molar-refractivity contribution in [3.63, 3.8) is 0 Å². The van der Waals surface area contributed by atoms with Crippen molar-refractivity contribution in [1.82, 2.24) is 4.98 Å². The van der Waals surface area contributed by atoms with Crippen molar-refractivity contribution in [1.29, 1.82) is 5.26 Å². The summed E-state index contributed by atoms with van der Waals surface area (Å²) >= 11 is 1.09. The fourth-order valence-corrected chi connectivity index (χ4v) is 4.23. The zero-order chi connectivity index (χ0) is 16.4. The molecule has 3 aromatic rings. The van der Waals surface area contributed by atoms with Crippen LogP contribution in [0, 0.1) is 18.3 Å². The predicted molar refractivity (Wildman–Crippen MR) is 86.5 cm³/mol. The number of nitriles is 1. The Bertz CT molecular complexity index is 997. The molecule has 0 saturated heterocycles. The Balaban J connectivity index is 1.88. The number of oxazole rings is 1. The molecule has 1 aromatic carbocycles. The first-order valence-corrected chi connectivity index (χ1v) is 8.83. The van der Waals surface area contributed by atoms with Gasteiger partial charge >= 0.3 is 0 Å². The van der Waals surface area contributed by atoms with E-state index in [-0.39, 0.29) is 4.21 Å². The minimum Gasteiger partial charge on any atom is -0.440 e. The molecule has 0 radical (unpaired) electrons. The Morgan fingerprint density at radius 2 is 2.13 bits per heavy atom. The average molecular weight is 345 g/mol. The molecule has 0 saturated carbocycles. The first-order chi connectivity index (χ1) is 11.0. The number of benzene rings is 1. The quantitative estimate of drug-likeness (QED) is 0.782. The number of nitrogens with zero attached hydrogens (tertiary/aromatic N) is 2. The maximum absolute atomic E-state index is 12.4. The summed E-state index contributed by atoms with van der Waals surface area (Å²) in [6, 6.07) is 11.4. The first-order valence-electron chi connectivity index (χ1n) is 6.53. The van der Waals surface area contributed by atoms with Crippen LogP contribution < -0.4 is 4.72 Å². The third-order valence-corrected chi connectivity index (χ3v) is 5.93. The van der Waals surface area contributed by atoms with Gasteiger partial charge in [-0.1, -0.05) is 6.07 Å². The van der Waals surface area contributed by atoms with Gasteiger partial charge in [0, 0.05) is 6.92 Å². The summed E-state index contributed by atoms with van der Waals surface area (Å²) in [6.45, 7) is 1.72. The van der Waals surface area contributed by atoms with Gasteiger partial charge in [0.15, 0.2) is 11.7 Å². The van der Waals surface area contributed by atoms with Crippen LogP contribution in [0.25, 0.3) is 10.6 Å². The molecule has 23 heavy (non-hydrogen) atoms. The third kappa shape index (κ3) is 3.26. The van der Waals surface area contributed by atoms with Crippen molar-refractivity contribution in [2.75, 3.05) is 4.72 Å². The Hall–Kier alpha value is -2.63. The highest BCUT2D eigenvalue weighted by atomic mass is 32.2. The van der Waals surface area contributed by atoms with Gasteiger partial charge in [-0.2, -0.15) is 5.26 Å². The van der Waals surface area contributed by atoms with Gasteiger partial charge in [0.1, 0.15) is 4.21 Å². The predicted octanol–water partition coefficient (Wildman–Crippen LogP) is 3.38. The molecule has 6 nitrogen and oxygen atoms in total. The minimum atomic E-state index is -3.72. The molecule has 0 unspecified atom stereocenters. The number of hydrogen-bond acceptors (Lipinski definition) is 6. The van der Waals surface area contributed by atoms with Crippen LogP contribution in [0.5, 0.6) is 0 Å². The largest absolute Gasteiger partial charge is 0.440 e. The van der Waals surface area contributed by atoms with Gasteiger partial charge in [-0.25, -0.2) is 13.4 Å². The van der Waals surface area contributed by atoms with Crippen LogP contribution in [0.2, 0.25) is 0 Å². The smallest absolute Gasteiger partial charge is 0.271 e. The monoisotopic (exact) mass is 345 g/mol. The molecule has 2 heterocycles. The Kier molecular flexibility index (Phi) is 3.90. The van der Waals surface area contributed by atoms with Crippen LogP contribution in [-0.2, 0) is 10.0 Å². The van der Waals surface area contributed by atoms with Crippen molar-refractivity contribution in [3.8, 4) is 16.7 Å². The summed E-state index contributed by atoms with van der Waals surface area (Å²) < 4.78 is 32.9. The third-order valence-electron chi connectivity index (χ3n) is 2.95. The second kappa shape index (κ2) is 5.87. The maximum Gasteiger partial charge on any atom is 0.271 e. The molecule has 0 aliphatic rings. The maximum atomic E-state index is 12.4. The van der Waals surface area contributed by atoms with E-state index in [4.69, 9.17) is 9.68 Å². The van der Waals surface area contributed by atoms with Gasteiger partial charge in [0.05, 0.1) is 28.4 Å². The van der Waals surface area contributed by atoms with E-state index in [0.29, 0.717) is 27.8 Å². The zero-order valence-electron chi connectivity index (χ0n) is 12.0. The van der Waals surface area contributed by atoms with Crippen molar-refractivity contribution in [3.05, 3.63) is 54.0 Å². The molecule has 0 spiro atoms. The van der Waals surface area contributed by atoms with Crippen LogP contribution in [0.3, 0.4) is 0 Å². The summed E-state index contributed by atoms with van der Waals surface area (Å²) in [6.07, 6.45) is 1.56. The average Bonchev–Trinajstić information content (AvgIpc) is 3.16. The number of aryl methyl sites for hydroxylation is 1. The van der Waals surface area contributed by atoms with Crippen molar-refractivity contribution < 1.29 is 12.8 Å². The number of aromatic nitrogens is 1. The lowest BCUT2D eigenvalue weighted by molar-refractivity contribution is 0.535. The van der Waals surface area contributed by atoms with E-state index in [1.54, 1.807) is 37.4 Å². The van der Waals surface area contributed by atoms with E-state index in [0.717, 1.165) is 11.3 Å². The summed E-state index contributed by atoms with van der Waals surface area (Å²) in [5, 5.41) is 8.87. The van der Waals surface area contributed by atoms with Crippen molar-refractivity contribution in [2.24, 2.45) is 0 Å². The fraction of sp³-hybridized carbons (Fsp3) is 0.0667. The van der Waals surface area contributed by atoms with Gasteiger partial charge in [-0.3, -0.25) is 4.72 Å². The van der Waals surface area contributed by atoms with E-state index in [9.17, 15) is 8.42 Å². The molecule has 0 amide bonds. The van der Waals surface area contributed by atoms with Gasteiger partial charge < -0.3 is 4.42 Å².